The van der Waals surface area contributed by atoms with Crippen molar-refractivity contribution in [2.24, 2.45) is 5.92 Å². The monoisotopic (exact) mass is 292 g/mol. The Morgan fingerprint density at radius 3 is 2.52 bits per heavy atom. The normalized spacial score (nSPS) is 10.6. The van der Waals surface area contributed by atoms with E-state index in [-0.39, 0.29) is 6.03 Å². The number of aromatic nitrogens is 1. The third-order valence-corrected chi connectivity index (χ3v) is 3.27. The number of carbonyl (C=O) groups is 1. The first-order valence-corrected chi connectivity index (χ1v) is 7.51. The van der Waals surface area contributed by atoms with E-state index in [1.54, 1.807) is 11.9 Å². The number of hydrogen-bond acceptors (Lipinski definition) is 3. The van der Waals surface area contributed by atoms with Crippen molar-refractivity contribution >= 4 is 11.8 Å². The lowest BCUT2D eigenvalue weighted by Gasteiger charge is -2.18. The van der Waals surface area contributed by atoms with Crippen LogP contribution in [0, 0.1) is 5.92 Å². The van der Waals surface area contributed by atoms with E-state index in [0.717, 1.165) is 30.8 Å². The Morgan fingerprint density at radius 2 is 2.00 bits per heavy atom. The van der Waals surface area contributed by atoms with Crippen LogP contribution in [0.1, 0.15) is 32.3 Å². The van der Waals surface area contributed by atoms with Gasteiger partial charge in [0, 0.05) is 40.4 Å². The zero-order valence-electron chi connectivity index (χ0n) is 13.9. The van der Waals surface area contributed by atoms with Gasteiger partial charge in [-0.3, -0.25) is 0 Å². The van der Waals surface area contributed by atoms with Gasteiger partial charge in [-0.05, 0) is 30.4 Å². The van der Waals surface area contributed by atoms with Crippen molar-refractivity contribution < 1.29 is 4.79 Å². The van der Waals surface area contributed by atoms with Gasteiger partial charge in [0.15, 0.2) is 0 Å². The lowest BCUT2D eigenvalue weighted by molar-refractivity contribution is 0.206. The number of rotatable bonds is 7. The molecule has 1 heterocycles. The van der Waals surface area contributed by atoms with Gasteiger partial charge in [-0.15, -0.1) is 0 Å². The predicted octanol–water partition coefficient (Wildman–Crippen LogP) is 2.73. The molecule has 0 saturated carbocycles. The van der Waals surface area contributed by atoms with Crippen LogP contribution in [0.3, 0.4) is 0 Å². The van der Waals surface area contributed by atoms with Crippen LogP contribution in [-0.2, 0) is 6.54 Å². The molecule has 0 aromatic carbocycles. The highest BCUT2D eigenvalue weighted by molar-refractivity contribution is 5.73. The fourth-order valence-electron chi connectivity index (χ4n) is 1.96. The Morgan fingerprint density at radius 1 is 1.29 bits per heavy atom. The molecule has 0 atom stereocenters. The van der Waals surface area contributed by atoms with Crippen molar-refractivity contribution in [3.63, 3.8) is 0 Å². The number of hydrogen-bond donors (Lipinski definition) is 1. The van der Waals surface area contributed by atoms with E-state index in [4.69, 9.17) is 0 Å². The maximum Gasteiger partial charge on any atom is 0.317 e. The minimum absolute atomic E-state index is 0.0320. The van der Waals surface area contributed by atoms with Crippen LogP contribution in [0.4, 0.5) is 10.6 Å². The van der Waals surface area contributed by atoms with E-state index in [2.05, 4.69) is 24.1 Å². The number of carbonyl (C=O) groups excluding carboxylic acids is 1. The number of nitrogens with one attached hydrogen (secondary N) is 1. The molecule has 21 heavy (non-hydrogen) atoms. The summed E-state index contributed by atoms with van der Waals surface area (Å²) in [5, 5.41) is 2.95. The summed E-state index contributed by atoms with van der Waals surface area (Å²) in [4.78, 5) is 19.9. The highest BCUT2D eigenvalue weighted by Crippen LogP contribution is 2.09. The van der Waals surface area contributed by atoms with E-state index in [1.807, 2.05) is 37.3 Å². The molecule has 5 nitrogen and oxygen atoms in total. The summed E-state index contributed by atoms with van der Waals surface area (Å²) < 4.78 is 0. The molecule has 2 amide bonds. The molecule has 1 aromatic rings. The Balaban J connectivity index is 2.37. The number of pyridine rings is 1. The summed E-state index contributed by atoms with van der Waals surface area (Å²) in [5.41, 5.74) is 1.03. The molecule has 1 rings (SSSR count). The minimum Gasteiger partial charge on any atom is -0.363 e. The molecule has 5 heteroatoms. The van der Waals surface area contributed by atoms with Gasteiger partial charge in [-0.1, -0.05) is 19.9 Å². The number of amides is 2. The third kappa shape index (κ3) is 6.47. The van der Waals surface area contributed by atoms with E-state index in [0.29, 0.717) is 12.5 Å². The molecule has 0 saturated heterocycles. The summed E-state index contributed by atoms with van der Waals surface area (Å²) in [7, 11) is 5.72. The minimum atomic E-state index is -0.0320. The second kappa shape index (κ2) is 8.49. The van der Waals surface area contributed by atoms with Gasteiger partial charge >= 0.3 is 6.03 Å². The molecule has 1 N–H and O–H groups in total. The average Bonchev–Trinajstić information content (AvgIpc) is 2.43. The highest BCUT2D eigenvalue weighted by Gasteiger charge is 2.09. The molecule has 0 aliphatic heterocycles. The second-order valence-corrected chi connectivity index (χ2v) is 6.04. The predicted molar refractivity (Wildman–Crippen MR) is 87.5 cm³/mol. The van der Waals surface area contributed by atoms with Crippen molar-refractivity contribution in [1.82, 2.24) is 15.2 Å². The number of anilines is 1. The van der Waals surface area contributed by atoms with Crippen LogP contribution >= 0.6 is 0 Å². The molecule has 0 unspecified atom stereocenters. The van der Waals surface area contributed by atoms with Gasteiger partial charge in [0.2, 0.25) is 0 Å². The molecule has 0 bridgehead atoms. The van der Waals surface area contributed by atoms with Crippen LogP contribution < -0.4 is 10.2 Å². The van der Waals surface area contributed by atoms with E-state index >= 15 is 0 Å². The summed E-state index contributed by atoms with van der Waals surface area (Å²) in [6, 6.07) is 3.93. The number of nitrogens with zero attached hydrogens (tertiary/aromatic N) is 3. The van der Waals surface area contributed by atoms with Crippen molar-refractivity contribution in [3.05, 3.63) is 23.9 Å². The van der Waals surface area contributed by atoms with E-state index in [9.17, 15) is 4.79 Å². The van der Waals surface area contributed by atoms with Crippen LogP contribution in [0.25, 0.3) is 0 Å². The maximum atomic E-state index is 12.0. The lowest BCUT2D eigenvalue weighted by atomic mass is 10.1. The Hall–Kier alpha value is -1.78. The van der Waals surface area contributed by atoms with Crippen LogP contribution in [-0.4, -0.2) is 43.6 Å². The van der Waals surface area contributed by atoms with Crippen molar-refractivity contribution in [1.29, 1.82) is 0 Å². The highest BCUT2D eigenvalue weighted by atomic mass is 16.2. The summed E-state index contributed by atoms with van der Waals surface area (Å²) >= 11 is 0. The largest absolute Gasteiger partial charge is 0.363 e. The molecule has 0 radical (unpaired) electrons. The smallest absolute Gasteiger partial charge is 0.317 e. The molecule has 0 spiro atoms. The standard InChI is InChI=1S/C16H28N4O/c1-13(2)7-6-10-17-16(21)20(5)12-14-8-9-15(18-11-14)19(3)4/h8-9,11,13H,6-7,10,12H2,1-5H3,(H,17,21). The molecular weight excluding hydrogens is 264 g/mol. The summed E-state index contributed by atoms with van der Waals surface area (Å²) in [5.74, 6) is 1.60. The zero-order chi connectivity index (χ0) is 15.8. The molecule has 0 aliphatic rings. The van der Waals surface area contributed by atoms with E-state index < -0.39 is 0 Å². The van der Waals surface area contributed by atoms with Crippen LogP contribution in [0.15, 0.2) is 18.3 Å². The maximum absolute atomic E-state index is 12.0. The third-order valence-electron chi connectivity index (χ3n) is 3.27. The van der Waals surface area contributed by atoms with E-state index in [1.165, 1.54) is 0 Å². The van der Waals surface area contributed by atoms with Gasteiger partial charge in [0.05, 0.1) is 0 Å². The summed E-state index contributed by atoms with van der Waals surface area (Å²) in [6.45, 7) is 5.69. The quantitative estimate of drug-likeness (QED) is 0.786. The van der Waals surface area contributed by atoms with Gasteiger partial charge in [-0.25, -0.2) is 9.78 Å². The molecule has 0 aliphatic carbocycles. The van der Waals surface area contributed by atoms with Gasteiger partial charge < -0.3 is 15.1 Å². The van der Waals surface area contributed by atoms with Crippen molar-refractivity contribution in [2.75, 3.05) is 32.6 Å². The summed E-state index contributed by atoms with van der Waals surface area (Å²) in [6.07, 6.45) is 3.98. The second-order valence-electron chi connectivity index (χ2n) is 6.04. The van der Waals surface area contributed by atoms with Crippen LogP contribution in [0.5, 0.6) is 0 Å². The molecule has 118 valence electrons. The molecule has 0 fully saturated rings. The molecule has 1 aromatic heterocycles. The molecular formula is C16H28N4O. The SMILES string of the molecule is CC(C)CCCNC(=O)N(C)Cc1ccc(N(C)C)nc1. The fourth-order valence-corrected chi connectivity index (χ4v) is 1.96. The van der Waals surface area contributed by atoms with Gasteiger partial charge in [-0.2, -0.15) is 0 Å². The zero-order valence-corrected chi connectivity index (χ0v) is 13.9. The Bertz CT molecular complexity index is 428. The lowest BCUT2D eigenvalue weighted by Crippen LogP contribution is -2.37. The van der Waals surface area contributed by atoms with Gasteiger partial charge in [0.25, 0.3) is 0 Å². The fraction of sp³-hybridized carbons (Fsp3) is 0.625. The Kier molecular flexibility index (Phi) is 6.99. The topological polar surface area (TPSA) is 48.5 Å². The first-order valence-electron chi connectivity index (χ1n) is 7.51. The Labute approximate surface area is 128 Å². The van der Waals surface area contributed by atoms with Gasteiger partial charge in [0.1, 0.15) is 5.82 Å². The van der Waals surface area contributed by atoms with Crippen LogP contribution in [0.2, 0.25) is 0 Å². The first kappa shape index (κ1) is 17.3. The van der Waals surface area contributed by atoms with Crippen molar-refractivity contribution in [2.45, 2.75) is 33.2 Å². The first-order chi connectivity index (χ1) is 9.90. The average molecular weight is 292 g/mol. The van der Waals surface area contributed by atoms with Crippen molar-refractivity contribution in [3.8, 4) is 0 Å². The number of urea groups is 1.